The van der Waals surface area contributed by atoms with Gasteiger partial charge >= 0.3 is 0 Å². The normalized spacial score (nSPS) is 11.6. The second-order valence-corrected chi connectivity index (χ2v) is 3.33. The van der Waals surface area contributed by atoms with Gasteiger partial charge in [0, 0.05) is 17.8 Å². The Morgan fingerprint density at radius 3 is 2.88 bits per heavy atom. The van der Waals surface area contributed by atoms with Crippen molar-refractivity contribution in [3.63, 3.8) is 0 Å². The summed E-state index contributed by atoms with van der Waals surface area (Å²) in [7, 11) is 0. The summed E-state index contributed by atoms with van der Waals surface area (Å²) in [6.45, 7) is 1.70. The molecule has 0 aliphatic rings. The number of hydrogen-bond donors (Lipinski definition) is 2. The zero-order chi connectivity index (χ0) is 12.1. The van der Waals surface area contributed by atoms with Crippen molar-refractivity contribution in [2.75, 3.05) is 11.9 Å². The number of nitrogens with zero attached hydrogens (tertiary/aromatic N) is 2. The van der Waals surface area contributed by atoms with Gasteiger partial charge in [-0.15, -0.1) is 0 Å². The second-order valence-electron chi connectivity index (χ2n) is 3.33. The lowest BCUT2D eigenvalue weighted by Gasteiger charge is -2.12. The lowest BCUT2D eigenvalue weighted by molar-refractivity contribution is -0.385. The SMILES string of the molecule is CC(CO)Nc1ccc([N+](=O)[O-])c(C#N)c1. The van der Waals surface area contributed by atoms with Gasteiger partial charge in [-0.25, -0.2) is 0 Å². The Hall–Kier alpha value is -2.13. The van der Waals surface area contributed by atoms with Crippen molar-refractivity contribution in [2.24, 2.45) is 0 Å². The molecular weight excluding hydrogens is 210 g/mol. The minimum Gasteiger partial charge on any atom is -0.394 e. The first-order valence-electron chi connectivity index (χ1n) is 4.64. The van der Waals surface area contributed by atoms with Gasteiger partial charge in [-0.05, 0) is 19.1 Å². The van der Waals surface area contributed by atoms with Crippen LogP contribution in [0, 0.1) is 21.4 Å². The average molecular weight is 221 g/mol. The molecule has 0 fully saturated rings. The van der Waals surface area contributed by atoms with Gasteiger partial charge in [0.1, 0.15) is 11.6 Å². The van der Waals surface area contributed by atoms with Crippen LogP contribution in [0.4, 0.5) is 11.4 Å². The lowest BCUT2D eigenvalue weighted by Crippen LogP contribution is -2.19. The predicted octanol–water partition coefficient (Wildman–Crippen LogP) is 1.26. The molecule has 84 valence electrons. The highest BCUT2D eigenvalue weighted by atomic mass is 16.6. The quantitative estimate of drug-likeness (QED) is 0.589. The van der Waals surface area contributed by atoms with Crippen molar-refractivity contribution in [1.29, 1.82) is 5.26 Å². The Kier molecular flexibility index (Phi) is 3.80. The van der Waals surface area contributed by atoms with Crippen LogP contribution in [-0.4, -0.2) is 22.7 Å². The summed E-state index contributed by atoms with van der Waals surface area (Å²) >= 11 is 0. The Balaban J connectivity index is 3.01. The monoisotopic (exact) mass is 221 g/mol. The zero-order valence-electron chi connectivity index (χ0n) is 8.67. The van der Waals surface area contributed by atoms with Gasteiger partial charge in [0.05, 0.1) is 11.5 Å². The summed E-state index contributed by atoms with van der Waals surface area (Å²) in [5.74, 6) is 0. The molecule has 1 unspecified atom stereocenters. The van der Waals surface area contributed by atoms with Crippen molar-refractivity contribution in [1.82, 2.24) is 0 Å². The fourth-order valence-electron chi connectivity index (χ4n) is 1.20. The molecule has 0 saturated heterocycles. The maximum absolute atomic E-state index is 10.6. The number of rotatable bonds is 4. The third-order valence-electron chi connectivity index (χ3n) is 2.00. The molecule has 1 aromatic carbocycles. The summed E-state index contributed by atoms with van der Waals surface area (Å²) in [5, 5.41) is 31.1. The molecule has 0 radical (unpaired) electrons. The van der Waals surface area contributed by atoms with E-state index in [1.54, 1.807) is 13.0 Å². The molecule has 0 aliphatic heterocycles. The van der Waals surface area contributed by atoms with Crippen LogP contribution >= 0.6 is 0 Å². The summed E-state index contributed by atoms with van der Waals surface area (Å²) < 4.78 is 0. The summed E-state index contributed by atoms with van der Waals surface area (Å²) in [6, 6.07) is 5.76. The van der Waals surface area contributed by atoms with E-state index in [9.17, 15) is 10.1 Å². The van der Waals surface area contributed by atoms with Crippen LogP contribution in [0.25, 0.3) is 0 Å². The van der Waals surface area contributed by atoms with Crippen LogP contribution in [0.3, 0.4) is 0 Å². The fraction of sp³-hybridized carbons (Fsp3) is 0.300. The Bertz CT molecular complexity index is 439. The second kappa shape index (κ2) is 5.09. The molecule has 0 bridgehead atoms. The summed E-state index contributed by atoms with van der Waals surface area (Å²) in [5.41, 5.74) is 0.355. The molecule has 1 aromatic rings. The number of aliphatic hydroxyl groups excluding tert-OH is 1. The van der Waals surface area contributed by atoms with Gasteiger partial charge in [0.25, 0.3) is 5.69 Å². The molecule has 6 heteroatoms. The van der Waals surface area contributed by atoms with Gasteiger partial charge in [0.2, 0.25) is 0 Å². The number of nitro groups is 1. The van der Waals surface area contributed by atoms with E-state index in [1.807, 2.05) is 0 Å². The standard InChI is InChI=1S/C10H11N3O3/c1-7(6-14)12-9-2-3-10(13(15)16)8(4-9)5-11/h2-4,7,12,14H,6H2,1H3. The van der Waals surface area contributed by atoms with E-state index >= 15 is 0 Å². The fourth-order valence-corrected chi connectivity index (χ4v) is 1.20. The van der Waals surface area contributed by atoms with Crippen molar-refractivity contribution >= 4 is 11.4 Å². The first-order chi connectivity index (χ1) is 7.58. The van der Waals surface area contributed by atoms with E-state index in [0.29, 0.717) is 5.69 Å². The number of hydrogen-bond acceptors (Lipinski definition) is 5. The Morgan fingerprint density at radius 1 is 1.69 bits per heavy atom. The van der Waals surface area contributed by atoms with Crippen LogP contribution in [0.15, 0.2) is 18.2 Å². The largest absolute Gasteiger partial charge is 0.394 e. The maximum atomic E-state index is 10.6. The number of benzene rings is 1. The van der Waals surface area contributed by atoms with Gasteiger partial charge in [-0.3, -0.25) is 10.1 Å². The number of nitro benzene ring substituents is 1. The first-order valence-corrected chi connectivity index (χ1v) is 4.64. The molecule has 1 atom stereocenters. The van der Waals surface area contributed by atoms with Gasteiger partial charge in [-0.1, -0.05) is 0 Å². The first kappa shape index (κ1) is 11.9. The molecule has 0 aliphatic carbocycles. The molecule has 16 heavy (non-hydrogen) atoms. The highest BCUT2D eigenvalue weighted by Gasteiger charge is 2.14. The average Bonchev–Trinajstić information content (AvgIpc) is 2.28. The molecule has 0 heterocycles. The summed E-state index contributed by atoms with van der Waals surface area (Å²) in [6.07, 6.45) is 0. The van der Waals surface area contributed by atoms with E-state index in [4.69, 9.17) is 10.4 Å². The predicted molar refractivity (Wildman–Crippen MR) is 58.0 cm³/mol. The van der Waals surface area contributed by atoms with Crippen LogP contribution in [0.5, 0.6) is 0 Å². The van der Waals surface area contributed by atoms with Crippen LogP contribution in [0.1, 0.15) is 12.5 Å². The molecular formula is C10H11N3O3. The van der Waals surface area contributed by atoms with E-state index in [-0.39, 0.29) is 23.9 Å². The lowest BCUT2D eigenvalue weighted by atomic mass is 10.1. The topological polar surface area (TPSA) is 99.2 Å². The van der Waals surface area contributed by atoms with Crippen molar-refractivity contribution in [3.8, 4) is 6.07 Å². The molecule has 0 aromatic heterocycles. The maximum Gasteiger partial charge on any atom is 0.287 e. The van der Waals surface area contributed by atoms with Crippen LogP contribution < -0.4 is 5.32 Å². The van der Waals surface area contributed by atoms with E-state index in [0.717, 1.165) is 0 Å². The van der Waals surface area contributed by atoms with Crippen molar-refractivity contribution in [3.05, 3.63) is 33.9 Å². The smallest absolute Gasteiger partial charge is 0.287 e. The molecule has 0 amide bonds. The molecule has 0 saturated carbocycles. The van der Waals surface area contributed by atoms with E-state index in [1.165, 1.54) is 18.2 Å². The van der Waals surface area contributed by atoms with Crippen molar-refractivity contribution in [2.45, 2.75) is 13.0 Å². The van der Waals surface area contributed by atoms with Gasteiger partial charge in [0.15, 0.2) is 0 Å². The number of nitrogens with one attached hydrogen (secondary N) is 1. The molecule has 6 nitrogen and oxygen atoms in total. The Morgan fingerprint density at radius 2 is 2.38 bits per heavy atom. The third-order valence-corrected chi connectivity index (χ3v) is 2.00. The Labute approximate surface area is 92.3 Å². The molecule has 0 spiro atoms. The molecule has 2 N–H and O–H groups in total. The minimum atomic E-state index is -0.599. The van der Waals surface area contributed by atoms with Crippen LogP contribution in [0.2, 0.25) is 0 Å². The summed E-state index contributed by atoms with van der Waals surface area (Å²) in [4.78, 5) is 9.96. The number of aliphatic hydroxyl groups is 1. The van der Waals surface area contributed by atoms with E-state index < -0.39 is 4.92 Å². The highest BCUT2D eigenvalue weighted by molar-refractivity contribution is 5.58. The number of nitriles is 1. The van der Waals surface area contributed by atoms with Gasteiger partial charge < -0.3 is 10.4 Å². The van der Waals surface area contributed by atoms with E-state index in [2.05, 4.69) is 5.32 Å². The number of anilines is 1. The van der Waals surface area contributed by atoms with Gasteiger partial charge in [-0.2, -0.15) is 5.26 Å². The van der Waals surface area contributed by atoms with Crippen molar-refractivity contribution < 1.29 is 10.0 Å². The molecule has 1 rings (SSSR count). The zero-order valence-corrected chi connectivity index (χ0v) is 8.67. The minimum absolute atomic E-state index is 0.000129. The van der Waals surface area contributed by atoms with Crippen LogP contribution in [-0.2, 0) is 0 Å². The highest BCUT2D eigenvalue weighted by Crippen LogP contribution is 2.22. The third kappa shape index (κ3) is 2.68.